The van der Waals surface area contributed by atoms with E-state index in [2.05, 4.69) is 20.9 Å². The second-order valence-electron chi connectivity index (χ2n) is 7.28. The Morgan fingerprint density at radius 3 is 2.58 bits per heavy atom. The Morgan fingerprint density at radius 1 is 1.06 bits per heavy atom. The number of para-hydroxylation sites is 1. The van der Waals surface area contributed by atoms with Crippen molar-refractivity contribution in [2.24, 2.45) is 0 Å². The second kappa shape index (κ2) is 10.4. The van der Waals surface area contributed by atoms with Crippen molar-refractivity contribution in [2.75, 3.05) is 24.2 Å². The normalized spacial score (nSPS) is 11.0. The summed E-state index contributed by atoms with van der Waals surface area (Å²) in [7, 11) is 1.91. The Kier molecular flexibility index (Phi) is 7.35. The number of amides is 1. The third kappa shape index (κ3) is 5.39. The average Bonchev–Trinajstić information content (AvgIpc) is 3.13. The van der Waals surface area contributed by atoms with Crippen molar-refractivity contribution in [1.82, 2.24) is 19.9 Å². The molecule has 4 aromatic rings. The molecule has 0 bridgehead atoms. The van der Waals surface area contributed by atoms with Crippen LogP contribution in [0.25, 0.3) is 11.0 Å². The zero-order valence-electron chi connectivity index (χ0n) is 17.7. The Bertz CT molecular complexity index is 1290. The maximum Gasteiger partial charge on any atom is 0.256 e. The molecule has 4 rings (SSSR count). The van der Waals surface area contributed by atoms with Gasteiger partial charge in [-0.2, -0.15) is 0 Å². The van der Waals surface area contributed by atoms with E-state index in [-0.39, 0.29) is 5.91 Å². The van der Waals surface area contributed by atoms with Gasteiger partial charge >= 0.3 is 0 Å². The number of halogens is 3. The number of carbonyl (C=O) groups excluding carboxylic acids is 1. The molecule has 2 heterocycles. The zero-order chi connectivity index (χ0) is 23.4. The Hall–Kier alpha value is -2.84. The van der Waals surface area contributed by atoms with Crippen LogP contribution in [0.1, 0.15) is 16.8 Å². The number of anilines is 3. The van der Waals surface area contributed by atoms with Gasteiger partial charge in [0.15, 0.2) is 0 Å². The lowest BCUT2D eigenvalue weighted by Crippen LogP contribution is -2.13. The van der Waals surface area contributed by atoms with Gasteiger partial charge in [0.25, 0.3) is 5.91 Å². The van der Waals surface area contributed by atoms with Crippen LogP contribution in [0.5, 0.6) is 0 Å². The molecule has 0 radical (unpaired) electrons. The minimum Gasteiger partial charge on any atom is -0.323 e. The molecule has 0 aliphatic carbocycles. The molecule has 3 N–H and O–H groups in total. The van der Waals surface area contributed by atoms with Crippen molar-refractivity contribution in [3.63, 3.8) is 0 Å². The van der Waals surface area contributed by atoms with Crippen molar-refractivity contribution in [3.8, 4) is 0 Å². The predicted octanol–water partition coefficient (Wildman–Crippen LogP) is 6.00. The lowest BCUT2D eigenvalue weighted by molar-refractivity contribution is 0.102. The number of hydrogen-bond donors (Lipinski definition) is 3. The molecule has 0 saturated heterocycles. The van der Waals surface area contributed by atoms with Crippen LogP contribution in [0.4, 0.5) is 17.5 Å². The largest absolute Gasteiger partial charge is 0.323 e. The number of fused-ring (bicyclic) bond motifs is 1. The van der Waals surface area contributed by atoms with Crippen molar-refractivity contribution < 1.29 is 4.79 Å². The van der Waals surface area contributed by atoms with Crippen LogP contribution >= 0.6 is 34.8 Å². The number of rotatable bonds is 8. The summed E-state index contributed by atoms with van der Waals surface area (Å²) < 4.78 is 2.05. The van der Waals surface area contributed by atoms with Gasteiger partial charge in [0, 0.05) is 23.3 Å². The molecule has 10 heteroatoms. The Morgan fingerprint density at radius 2 is 1.85 bits per heavy atom. The number of nitrogens with one attached hydrogen (secondary N) is 3. The molecule has 1 amide bonds. The van der Waals surface area contributed by atoms with Crippen LogP contribution in [-0.4, -0.2) is 34.0 Å². The van der Waals surface area contributed by atoms with Crippen LogP contribution in [0.15, 0.2) is 54.7 Å². The fourth-order valence-corrected chi connectivity index (χ4v) is 4.05. The van der Waals surface area contributed by atoms with Crippen LogP contribution < -0.4 is 16.0 Å². The minimum atomic E-state index is -0.306. The van der Waals surface area contributed by atoms with Gasteiger partial charge in [0.2, 0.25) is 5.95 Å². The maximum atomic E-state index is 12.8. The average molecular weight is 504 g/mol. The van der Waals surface area contributed by atoms with Gasteiger partial charge in [-0.3, -0.25) is 4.79 Å². The van der Waals surface area contributed by atoms with Crippen LogP contribution in [0, 0.1) is 0 Å². The van der Waals surface area contributed by atoms with E-state index >= 15 is 0 Å². The molecule has 0 unspecified atom stereocenters. The van der Waals surface area contributed by atoms with Crippen molar-refractivity contribution in [2.45, 2.75) is 13.0 Å². The predicted molar refractivity (Wildman–Crippen MR) is 135 cm³/mol. The summed E-state index contributed by atoms with van der Waals surface area (Å²) in [5.74, 6) is 0.658. The van der Waals surface area contributed by atoms with Gasteiger partial charge in [-0.15, -0.1) is 0 Å². The van der Waals surface area contributed by atoms with E-state index in [1.165, 1.54) is 6.20 Å². The SMILES string of the molecule is CNCCCn1c(Nc2c(Cl)cccc2Cl)nc2cc(C(=O)Nc3cc(Cl)ccn3)ccc21. The van der Waals surface area contributed by atoms with Crippen molar-refractivity contribution in [3.05, 3.63) is 75.4 Å². The number of hydrogen-bond acceptors (Lipinski definition) is 5. The number of nitrogens with zero attached hydrogens (tertiary/aromatic N) is 3. The highest BCUT2D eigenvalue weighted by Crippen LogP contribution is 2.33. The van der Waals surface area contributed by atoms with E-state index in [0.717, 1.165) is 18.5 Å². The molecule has 0 spiro atoms. The Balaban J connectivity index is 1.68. The minimum absolute atomic E-state index is 0.306. The Labute approximate surface area is 206 Å². The summed E-state index contributed by atoms with van der Waals surface area (Å²) in [6.45, 7) is 1.55. The molecule has 33 heavy (non-hydrogen) atoms. The first-order chi connectivity index (χ1) is 16.0. The third-order valence-corrected chi connectivity index (χ3v) is 5.85. The summed E-state index contributed by atoms with van der Waals surface area (Å²) >= 11 is 18.7. The number of carbonyl (C=O) groups is 1. The van der Waals surface area contributed by atoms with Gasteiger partial charge in [-0.05, 0) is 62.5 Å². The number of aromatic nitrogens is 3. The molecular weight excluding hydrogens is 483 g/mol. The number of pyridine rings is 1. The van der Waals surface area contributed by atoms with Gasteiger partial charge in [-0.25, -0.2) is 9.97 Å². The zero-order valence-corrected chi connectivity index (χ0v) is 20.0. The van der Waals surface area contributed by atoms with Crippen LogP contribution in [0.2, 0.25) is 15.1 Å². The molecule has 2 aromatic heterocycles. The summed E-state index contributed by atoms with van der Waals surface area (Å²) in [6, 6.07) is 13.9. The van der Waals surface area contributed by atoms with E-state index in [1.54, 1.807) is 42.5 Å². The fraction of sp³-hybridized carbons (Fsp3) is 0.174. The van der Waals surface area contributed by atoms with Crippen molar-refractivity contribution in [1.29, 1.82) is 0 Å². The van der Waals surface area contributed by atoms with Gasteiger partial charge in [-0.1, -0.05) is 40.9 Å². The third-order valence-electron chi connectivity index (χ3n) is 4.98. The first-order valence-electron chi connectivity index (χ1n) is 10.2. The van der Waals surface area contributed by atoms with E-state index in [9.17, 15) is 4.79 Å². The molecule has 0 saturated carbocycles. The quantitative estimate of drug-likeness (QED) is 0.257. The maximum absolute atomic E-state index is 12.8. The summed E-state index contributed by atoms with van der Waals surface area (Å²) in [4.78, 5) is 21.6. The molecule has 170 valence electrons. The fourth-order valence-electron chi connectivity index (χ4n) is 3.40. The molecular formula is C23H21Cl3N6O. The number of imidazole rings is 1. The molecule has 0 fully saturated rings. The smallest absolute Gasteiger partial charge is 0.256 e. The molecule has 7 nitrogen and oxygen atoms in total. The first kappa shape index (κ1) is 23.3. The molecule has 2 aromatic carbocycles. The van der Waals surface area contributed by atoms with E-state index < -0.39 is 0 Å². The standard InChI is InChI=1S/C23H21Cl3N6O/c1-27-9-3-11-32-19-7-6-14(22(33)30-20-13-15(24)8-10-28-20)12-18(19)29-23(32)31-21-16(25)4-2-5-17(21)26/h2,4-8,10,12-13,27H,3,9,11H2,1H3,(H,29,31)(H,28,30,33). The lowest BCUT2D eigenvalue weighted by Gasteiger charge is -2.13. The van der Waals surface area contributed by atoms with Gasteiger partial charge in [0.05, 0.1) is 26.8 Å². The summed E-state index contributed by atoms with van der Waals surface area (Å²) in [5.41, 5.74) is 2.58. The van der Waals surface area contributed by atoms with Crippen LogP contribution in [0.3, 0.4) is 0 Å². The monoisotopic (exact) mass is 502 g/mol. The number of aryl methyl sites for hydroxylation is 1. The summed E-state index contributed by atoms with van der Waals surface area (Å²) in [5, 5.41) is 10.6. The highest BCUT2D eigenvalue weighted by molar-refractivity contribution is 6.39. The van der Waals surface area contributed by atoms with E-state index in [0.29, 0.717) is 50.1 Å². The van der Waals surface area contributed by atoms with E-state index in [1.807, 2.05) is 17.7 Å². The molecule has 0 aliphatic heterocycles. The van der Waals surface area contributed by atoms with Crippen molar-refractivity contribution >= 4 is 69.2 Å². The second-order valence-corrected chi connectivity index (χ2v) is 8.53. The highest BCUT2D eigenvalue weighted by Gasteiger charge is 2.16. The number of benzene rings is 2. The summed E-state index contributed by atoms with van der Waals surface area (Å²) in [6.07, 6.45) is 2.42. The van der Waals surface area contributed by atoms with E-state index in [4.69, 9.17) is 39.8 Å². The lowest BCUT2D eigenvalue weighted by atomic mass is 10.2. The topological polar surface area (TPSA) is 83.9 Å². The van der Waals surface area contributed by atoms with Gasteiger partial charge in [0.1, 0.15) is 5.82 Å². The van der Waals surface area contributed by atoms with Crippen LogP contribution in [-0.2, 0) is 6.54 Å². The molecule has 0 atom stereocenters. The van der Waals surface area contributed by atoms with Gasteiger partial charge < -0.3 is 20.5 Å². The first-order valence-corrected chi connectivity index (χ1v) is 11.4. The molecule has 0 aliphatic rings. The highest BCUT2D eigenvalue weighted by atomic mass is 35.5.